The molecule has 7 nitrogen and oxygen atoms in total. The van der Waals surface area contributed by atoms with Crippen LogP contribution in [-0.2, 0) is 16.1 Å². The number of carbonyl (C=O) groups is 3. The molecule has 0 aliphatic rings. The molecule has 3 N–H and O–H groups in total. The number of hydrogen-bond acceptors (Lipinski definition) is 4. The second-order valence-electron chi connectivity index (χ2n) is 6.98. The van der Waals surface area contributed by atoms with Crippen LogP contribution in [0.4, 0.5) is 0 Å². The largest absolute Gasteiger partial charge is 0.481 e. The number of amides is 2. The lowest BCUT2D eigenvalue weighted by Gasteiger charge is -2.18. The highest BCUT2D eigenvalue weighted by Crippen LogP contribution is 2.18. The van der Waals surface area contributed by atoms with Crippen LogP contribution in [0.25, 0.3) is 11.1 Å². The lowest BCUT2D eigenvalue weighted by Crippen LogP contribution is -2.46. The Morgan fingerprint density at radius 3 is 2.29 bits per heavy atom. The molecule has 0 unspecified atom stereocenters. The molecule has 2 aromatic carbocycles. The van der Waals surface area contributed by atoms with Crippen LogP contribution in [0.5, 0.6) is 0 Å². The third-order valence-corrected chi connectivity index (χ3v) is 4.72. The fourth-order valence-corrected chi connectivity index (χ4v) is 3.03. The van der Waals surface area contributed by atoms with Gasteiger partial charge in [-0.05, 0) is 41.3 Å². The summed E-state index contributed by atoms with van der Waals surface area (Å²) in [6.45, 7) is 0.291. The van der Waals surface area contributed by atoms with E-state index in [1.54, 1.807) is 36.7 Å². The van der Waals surface area contributed by atoms with Gasteiger partial charge >= 0.3 is 5.97 Å². The molecule has 158 valence electrons. The van der Waals surface area contributed by atoms with Gasteiger partial charge in [0, 0.05) is 30.9 Å². The van der Waals surface area contributed by atoms with E-state index >= 15 is 0 Å². The minimum absolute atomic E-state index is 0.00450. The van der Waals surface area contributed by atoms with Gasteiger partial charge in [0.1, 0.15) is 6.04 Å². The van der Waals surface area contributed by atoms with Gasteiger partial charge in [-0.1, -0.05) is 48.5 Å². The Kier molecular flexibility index (Phi) is 7.48. The standard InChI is InChI=1S/C24H23N3O4/c28-22(29)13-12-21(24(31)26-15-17-5-2-1-3-6-17)27-23(30)19-10-8-18(9-11-19)20-7-4-14-25-16-20/h1-11,14,16,21H,12-13,15H2,(H,26,31)(H,27,30)(H,28,29)/t21-/m0/s1. The van der Waals surface area contributed by atoms with E-state index in [2.05, 4.69) is 15.6 Å². The fraction of sp³-hybridized carbons (Fsp3) is 0.167. The maximum Gasteiger partial charge on any atom is 0.303 e. The Balaban J connectivity index is 1.65. The highest BCUT2D eigenvalue weighted by molar-refractivity contribution is 5.98. The molecule has 0 saturated carbocycles. The molecule has 7 heteroatoms. The van der Waals surface area contributed by atoms with E-state index in [4.69, 9.17) is 5.11 Å². The van der Waals surface area contributed by atoms with Gasteiger partial charge in [0.2, 0.25) is 5.91 Å². The minimum atomic E-state index is -1.03. The Morgan fingerprint density at radius 2 is 1.65 bits per heavy atom. The number of aliphatic carboxylic acids is 1. The zero-order valence-corrected chi connectivity index (χ0v) is 16.8. The predicted octanol–water partition coefficient (Wildman–Crippen LogP) is 3.03. The highest BCUT2D eigenvalue weighted by atomic mass is 16.4. The van der Waals surface area contributed by atoms with Gasteiger partial charge in [0.05, 0.1) is 0 Å². The van der Waals surface area contributed by atoms with Crippen molar-refractivity contribution in [2.24, 2.45) is 0 Å². The van der Waals surface area contributed by atoms with Crippen LogP contribution in [0.15, 0.2) is 79.1 Å². The molecule has 3 rings (SSSR count). The van der Waals surface area contributed by atoms with Crippen LogP contribution in [-0.4, -0.2) is 33.9 Å². The monoisotopic (exact) mass is 417 g/mol. The SMILES string of the molecule is O=C(O)CC[C@H](NC(=O)c1ccc(-c2cccnc2)cc1)C(=O)NCc1ccccc1. The number of carboxylic acid groups (broad SMARTS) is 1. The average molecular weight is 417 g/mol. The van der Waals surface area contributed by atoms with Crippen molar-refractivity contribution in [3.8, 4) is 11.1 Å². The van der Waals surface area contributed by atoms with Gasteiger partial charge in [0.25, 0.3) is 5.91 Å². The molecule has 31 heavy (non-hydrogen) atoms. The summed E-state index contributed by atoms with van der Waals surface area (Å²) in [6.07, 6.45) is 3.18. The molecule has 0 aliphatic carbocycles. The number of carboxylic acids is 1. The van der Waals surface area contributed by atoms with Crippen molar-refractivity contribution in [1.82, 2.24) is 15.6 Å². The van der Waals surface area contributed by atoms with Crippen molar-refractivity contribution in [3.63, 3.8) is 0 Å². The van der Waals surface area contributed by atoms with E-state index in [1.807, 2.05) is 42.5 Å². The molecule has 0 aliphatic heterocycles. The molecular formula is C24H23N3O4. The van der Waals surface area contributed by atoms with E-state index in [9.17, 15) is 14.4 Å². The summed E-state index contributed by atoms with van der Waals surface area (Å²) in [4.78, 5) is 40.3. The molecule has 0 radical (unpaired) electrons. The first-order chi connectivity index (χ1) is 15.0. The van der Waals surface area contributed by atoms with E-state index in [1.165, 1.54) is 0 Å². The van der Waals surface area contributed by atoms with Crippen LogP contribution >= 0.6 is 0 Å². The van der Waals surface area contributed by atoms with Crippen molar-refractivity contribution in [2.45, 2.75) is 25.4 Å². The number of aromatic nitrogens is 1. The summed E-state index contributed by atoms with van der Waals surface area (Å²) in [7, 11) is 0. The average Bonchev–Trinajstić information content (AvgIpc) is 2.81. The smallest absolute Gasteiger partial charge is 0.303 e. The van der Waals surface area contributed by atoms with E-state index < -0.39 is 23.8 Å². The third-order valence-electron chi connectivity index (χ3n) is 4.72. The van der Waals surface area contributed by atoms with Crippen LogP contribution in [0.3, 0.4) is 0 Å². The summed E-state index contributed by atoms with van der Waals surface area (Å²) >= 11 is 0. The number of rotatable bonds is 9. The first-order valence-electron chi connectivity index (χ1n) is 9.87. The summed E-state index contributed by atoms with van der Waals surface area (Å²) < 4.78 is 0. The molecule has 1 atom stereocenters. The summed E-state index contributed by atoms with van der Waals surface area (Å²) in [6, 6.07) is 19.1. The van der Waals surface area contributed by atoms with Crippen LogP contribution in [0.1, 0.15) is 28.8 Å². The number of carbonyl (C=O) groups excluding carboxylic acids is 2. The molecule has 1 aromatic heterocycles. The van der Waals surface area contributed by atoms with Gasteiger partial charge in [-0.25, -0.2) is 0 Å². The number of hydrogen-bond donors (Lipinski definition) is 3. The number of pyridine rings is 1. The van der Waals surface area contributed by atoms with Gasteiger partial charge in [-0.2, -0.15) is 0 Å². The Morgan fingerprint density at radius 1 is 0.903 bits per heavy atom. The van der Waals surface area contributed by atoms with Crippen molar-refractivity contribution in [3.05, 3.63) is 90.3 Å². The summed E-state index contributed by atoms with van der Waals surface area (Å²) in [5, 5.41) is 14.4. The maximum absolute atomic E-state index is 12.7. The highest BCUT2D eigenvalue weighted by Gasteiger charge is 2.22. The van der Waals surface area contributed by atoms with Crippen molar-refractivity contribution in [1.29, 1.82) is 0 Å². The van der Waals surface area contributed by atoms with Crippen molar-refractivity contribution in [2.75, 3.05) is 0 Å². The number of nitrogens with zero attached hydrogens (tertiary/aromatic N) is 1. The van der Waals surface area contributed by atoms with Gasteiger partial charge in [-0.3, -0.25) is 19.4 Å². The van der Waals surface area contributed by atoms with Gasteiger partial charge in [-0.15, -0.1) is 0 Å². The van der Waals surface area contributed by atoms with E-state index in [0.29, 0.717) is 12.1 Å². The summed E-state index contributed by atoms with van der Waals surface area (Å²) in [5.74, 6) is -1.90. The molecule has 0 fully saturated rings. The van der Waals surface area contributed by atoms with Crippen LogP contribution in [0, 0.1) is 0 Å². The van der Waals surface area contributed by atoms with E-state index in [0.717, 1.165) is 16.7 Å². The quantitative estimate of drug-likeness (QED) is 0.496. The fourth-order valence-electron chi connectivity index (χ4n) is 3.03. The van der Waals surface area contributed by atoms with Gasteiger partial charge < -0.3 is 15.7 Å². The third kappa shape index (κ3) is 6.50. The zero-order chi connectivity index (χ0) is 22.1. The maximum atomic E-state index is 12.7. The zero-order valence-electron chi connectivity index (χ0n) is 16.8. The topological polar surface area (TPSA) is 108 Å². The Bertz CT molecular complexity index is 1020. The minimum Gasteiger partial charge on any atom is -0.481 e. The first kappa shape index (κ1) is 21.7. The van der Waals surface area contributed by atoms with Crippen LogP contribution < -0.4 is 10.6 Å². The normalized spacial score (nSPS) is 11.4. The second-order valence-corrected chi connectivity index (χ2v) is 6.98. The molecule has 0 bridgehead atoms. The number of nitrogens with one attached hydrogen (secondary N) is 2. The molecular weight excluding hydrogens is 394 g/mol. The molecule has 1 heterocycles. The molecule has 2 amide bonds. The Hall–Kier alpha value is -4.00. The number of benzene rings is 2. The molecule has 0 saturated heterocycles. The predicted molar refractivity (Wildman–Crippen MR) is 116 cm³/mol. The van der Waals surface area contributed by atoms with Crippen LogP contribution in [0.2, 0.25) is 0 Å². The second kappa shape index (κ2) is 10.7. The summed E-state index contributed by atoms with van der Waals surface area (Å²) in [5.41, 5.74) is 3.12. The van der Waals surface area contributed by atoms with Crippen molar-refractivity contribution < 1.29 is 19.5 Å². The lowest BCUT2D eigenvalue weighted by atomic mass is 10.0. The lowest BCUT2D eigenvalue weighted by molar-refractivity contribution is -0.137. The van der Waals surface area contributed by atoms with Crippen molar-refractivity contribution >= 4 is 17.8 Å². The van der Waals surface area contributed by atoms with E-state index in [-0.39, 0.29) is 12.8 Å². The van der Waals surface area contributed by atoms with Gasteiger partial charge in [0.15, 0.2) is 0 Å². The Labute approximate surface area is 180 Å². The molecule has 0 spiro atoms. The first-order valence-corrected chi connectivity index (χ1v) is 9.87. The molecule has 3 aromatic rings.